The van der Waals surface area contributed by atoms with Crippen LogP contribution in [-0.4, -0.2) is 10.2 Å². The predicted molar refractivity (Wildman–Crippen MR) is 60.3 cm³/mol. The van der Waals surface area contributed by atoms with Crippen molar-refractivity contribution in [3.63, 3.8) is 0 Å². The van der Waals surface area contributed by atoms with Gasteiger partial charge in [-0.15, -0.1) is 22.0 Å². The molecule has 0 aliphatic heterocycles. The zero-order chi connectivity index (χ0) is 10.7. The van der Waals surface area contributed by atoms with E-state index >= 15 is 0 Å². The molecule has 3 nitrogen and oxygen atoms in total. The fourth-order valence-electron chi connectivity index (χ4n) is 0.982. The summed E-state index contributed by atoms with van der Waals surface area (Å²) in [5.41, 5.74) is 0. The molecule has 0 fully saturated rings. The van der Waals surface area contributed by atoms with Gasteiger partial charge in [-0.3, -0.25) is 0 Å². The van der Waals surface area contributed by atoms with Gasteiger partial charge in [-0.2, -0.15) is 0 Å². The summed E-state index contributed by atoms with van der Waals surface area (Å²) in [7, 11) is 0. The fourth-order valence-corrected chi connectivity index (χ4v) is 2.27. The van der Waals surface area contributed by atoms with Crippen LogP contribution in [0.15, 0.2) is 33.8 Å². The first-order valence-electron chi connectivity index (χ1n) is 4.09. The normalized spacial score (nSPS) is 10.5. The Morgan fingerprint density at radius 1 is 1.33 bits per heavy atom. The molecular weight excluding hydrogens is 255 g/mol. The predicted octanol–water partition coefficient (Wildman–Crippen LogP) is 3.67. The van der Waals surface area contributed by atoms with Gasteiger partial charge in [0.15, 0.2) is 10.3 Å². The summed E-state index contributed by atoms with van der Waals surface area (Å²) in [4.78, 5) is 0.799. The van der Waals surface area contributed by atoms with E-state index in [0.717, 1.165) is 10.7 Å². The summed E-state index contributed by atoms with van der Waals surface area (Å²) >= 11 is 13.1. The second kappa shape index (κ2) is 4.88. The lowest BCUT2D eigenvalue weighted by molar-refractivity contribution is 0.530. The molecule has 0 spiro atoms. The molecule has 0 aromatic carbocycles. The third kappa shape index (κ3) is 2.87. The van der Waals surface area contributed by atoms with Gasteiger partial charge in [0, 0.05) is 0 Å². The van der Waals surface area contributed by atoms with Gasteiger partial charge >= 0.3 is 0 Å². The number of hydrogen-bond donors (Lipinski definition) is 0. The summed E-state index contributed by atoms with van der Waals surface area (Å²) in [6.07, 6.45) is 1.63. The van der Waals surface area contributed by atoms with E-state index in [1.807, 2.05) is 12.1 Å². The van der Waals surface area contributed by atoms with Crippen LogP contribution >= 0.6 is 35.0 Å². The molecule has 2 aromatic heterocycles. The average molecular weight is 261 g/mol. The highest BCUT2D eigenvalue weighted by atomic mass is 35.5. The Labute approximate surface area is 101 Å². The number of nitrogens with zero attached hydrogens (tertiary/aromatic N) is 2. The van der Waals surface area contributed by atoms with E-state index < -0.39 is 0 Å². The van der Waals surface area contributed by atoms with Gasteiger partial charge in [0.2, 0.25) is 0 Å². The topological polar surface area (TPSA) is 38.9 Å². The Morgan fingerprint density at radius 2 is 2.20 bits per heavy atom. The largest absolute Gasteiger partial charge is 0.468 e. The molecule has 0 saturated carbocycles. The van der Waals surface area contributed by atoms with E-state index in [1.54, 1.807) is 12.3 Å². The minimum atomic E-state index is 0.335. The molecule has 0 saturated heterocycles. The number of halogens is 2. The van der Waals surface area contributed by atoms with Crippen LogP contribution in [0.3, 0.4) is 0 Å². The maximum absolute atomic E-state index is 5.85. The molecule has 0 N–H and O–H groups in total. The van der Waals surface area contributed by atoms with E-state index in [2.05, 4.69) is 10.2 Å². The van der Waals surface area contributed by atoms with E-state index in [1.165, 1.54) is 11.8 Å². The molecule has 0 radical (unpaired) electrons. The summed E-state index contributed by atoms with van der Waals surface area (Å²) < 4.78 is 5.19. The fraction of sp³-hybridized carbons (Fsp3) is 0.111. The van der Waals surface area contributed by atoms with Crippen LogP contribution in [-0.2, 0) is 5.75 Å². The number of hydrogen-bond acceptors (Lipinski definition) is 4. The standard InChI is InChI=1S/C9H6Cl2N2OS/c10-8-4-7(9(11)13-12-8)15-5-6-2-1-3-14-6/h1-4H,5H2. The van der Waals surface area contributed by atoms with Crippen LogP contribution in [0.4, 0.5) is 0 Å². The molecule has 2 heterocycles. The van der Waals surface area contributed by atoms with Crippen molar-refractivity contribution in [2.24, 2.45) is 0 Å². The molecule has 0 unspecified atom stereocenters. The maximum Gasteiger partial charge on any atom is 0.165 e. The van der Waals surface area contributed by atoms with Crippen LogP contribution in [0, 0.1) is 0 Å². The molecule has 0 atom stereocenters. The van der Waals surface area contributed by atoms with Crippen LogP contribution in [0.25, 0.3) is 0 Å². The van der Waals surface area contributed by atoms with Crippen molar-refractivity contribution in [3.8, 4) is 0 Å². The third-order valence-corrected chi connectivity index (χ3v) is 3.26. The SMILES string of the molecule is Clc1cc(SCc2ccco2)c(Cl)nn1. The van der Waals surface area contributed by atoms with Crippen molar-refractivity contribution in [2.45, 2.75) is 10.6 Å². The van der Waals surface area contributed by atoms with Gasteiger partial charge < -0.3 is 4.42 Å². The van der Waals surface area contributed by atoms with E-state index in [-0.39, 0.29) is 0 Å². The maximum atomic E-state index is 5.85. The minimum absolute atomic E-state index is 0.335. The van der Waals surface area contributed by atoms with Crippen molar-refractivity contribution >= 4 is 35.0 Å². The Morgan fingerprint density at radius 3 is 2.93 bits per heavy atom. The summed E-state index contributed by atoms with van der Waals surface area (Å²) in [5, 5.41) is 8.03. The van der Waals surface area contributed by atoms with Crippen molar-refractivity contribution < 1.29 is 4.42 Å². The monoisotopic (exact) mass is 260 g/mol. The zero-order valence-corrected chi connectivity index (χ0v) is 9.81. The molecule has 0 aliphatic carbocycles. The van der Waals surface area contributed by atoms with Crippen molar-refractivity contribution in [1.82, 2.24) is 10.2 Å². The molecular formula is C9H6Cl2N2OS. The Kier molecular flexibility index (Phi) is 3.51. The van der Waals surface area contributed by atoms with Gasteiger partial charge in [0.1, 0.15) is 5.76 Å². The molecule has 0 aliphatic rings. The average Bonchev–Trinajstić information content (AvgIpc) is 2.72. The molecule has 6 heteroatoms. The molecule has 15 heavy (non-hydrogen) atoms. The van der Waals surface area contributed by atoms with Crippen LogP contribution in [0.1, 0.15) is 5.76 Å². The molecule has 2 rings (SSSR count). The minimum Gasteiger partial charge on any atom is -0.468 e. The summed E-state index contributed by atoms with van der Waals surface area (Å²) in [6.45, 7) is 0. The van der Waals surface area contributed by atoms with Crippen LogP contribution < -0.4 is 0 Å². The second-order valence-electron chi connectivity index (χ2n) is 2.69. The quantitative estimate of drug-likeness (QED) is 0.790. The summed E-state index contributed by atoms with van der Waals surface area (Å²) in [5.74, 6) is 1.57. The summed E-state index contributed by atoms with van der Waals surface area (Å²) in [6, 6.07) is 5.43. The van der Waals surface area contributed by atoms with Crippen LogP contribution in [0.2, 0.25) is 10.3 Å². The van der Waals surface area contributed by atoms with Gasteiger partial charge in [-0.1, -0.05) is 23.2 Å². The lowest BCUT2D eigenvalue weighted by atomic mass is 10.5. The smallest absolute Gasteiger partial charge is 0.165 e. The van der Waals surface area contributed by atoms with Gasteiger partial charge in [-0.05, 0) is 18.2 Å². The third-order valence-electron chi connectivity index (χ3n) is 1.64. The highest BCUT2D eigenvalue weighted by molar-refractivity contribution is 7.98. The van der Waals surface area contributed by atoms with Crippen molar-refractivity contribution in [3.05, 3.63) is 40.5 Å². The van der Waals surface area contributed by atoms with Crippen molar-refractivity contribution in [2.75, 3.05) is 0 Å². The Bertz CT molecular complexity index is 447. The number of aromatic nitrogens is 2. The van der Waals surface area contributed by atoms with Crippen LogP contribution in [0.5, 0.6) is 0 Å². The zero-order valence-electron chi connectivity index (χ0n) is 7.48. The van der Waals surface area contributed by atoms with Gasteiger partial charge in [0.25, 0.3) is 0 Å². The number of rotatable bonds is 3. The second-order valence-corrected chi connectivity index (χ2v) is 4.45. The Balaban J connectivity index is 2.07. The lowest BCUT2D eigenvalue weighted by Crippen LogP contribution is -1.86. The number of furan rings is 1. The first kappa shape index (κ1) is 10.8. The van der Waals surface area contributed by atoms with Gasteiger partial charge in [0.05, 0.1) is 16.9 Å². The molecule has 2 aromatic rings. The van der Waals surface area contributed by atoms with E-state index in [4.69, 9.17) is 27.6 Å². The molecule has 0 bridgehead atoms. The number of thioether (sulfide) groups is 1. The van der Waals surface area contributed by atoms with Gasteiger partial charge in [-0.25, -0.2) is 0 Å². The first-order valence-corrected chi connectivity index (χ1v) is 5.84. The lowest BCUT2D eigenvalue weighted by Gasteiger charge is -2.00. The first-order chi connectivity index (χ1) is 7.25. The highest BCUT2D eigenvalue weighted by Crippen LogP contribution is 2.29. The Hall–Kier alpha value is -0.710. The van der Waals surface area contributed by atoms with E-state index in [9.17, 15) is 0 Å². The van der Waals surface area contributed by atoms with Crippen molar-refractivity contribution in [1.29, 1.82) is 0 Å². The molecule has 78 valence electrons. The molecule has 0 amide bonds. The highest BCUT2D eigenvalue weighted by Gasteiger charge is 2.06. The van der Waals surface area contributed by atoms with E-state index in [0.29, 0.717) is 16.1 Å².